The number of hydrogen-bond acceptors (Lipinski definition) is 3. The number of hydrogen-bond donors (Lipinski definition) is 0. The van der Waals surface area contributed by atoms with Gasteiger partial charge >= 0.3 is 12.4 Å². The quantitative estimate of drug-likeness (QED) is 0.772. The third-order valence-electron chi connectivity index (χ3n) is 2.62. The first kappa shape index (κ1) is 17.9. The Morgan fingerprint density at radius 2 is 1.62 bits per heavy atom. The highest BCUT2D eigenvalue weighted by atomic mass is 32.1. The van der Waals surface area contributed by atoms with E-state index in [1.807, 2.05) is 0 Å². The molecule has 0 unspecified atom stereocenters. The fourth-order valence-electron chi connectivity index (χ4n) is 1.54. The van der Waals surface area contributed by atoms with Crippen molar-refractivity contribution in [1.82, 2.24) is 4.98 Å². The van der Waals surface area contributed by atoms with E-state index in [0.717, 1.165) is 11.3 Å². The van der Waals surface area contributed by atoms with Crippen molar-refractivity contribution in [3.05, 3.63) is 16.1 Å². The fourth-order valence-corrected chi connectivity index (χ4v) is 2.57. The molecule has 1 aromatic rings. The molecule has 0 saturated heterocycles. The number of carbonyl (C=O) groups is 1. The molecule has 9 heteroatoms. The molecule has 0 aliphatic heterocycles. The van der Waals surface area contributed by atoms with E-state index < -0.39 is 35.9 Å². The van der Waals surface area contributed by atoms with Gasteiger partial charge in [0.25, 0.3) is 0 Å². The summed E-state index contributed by atoms with van der Waals surface area (Å²) < 4.78 is 74.4. The molecule has 0 N–H and O–H groups in total. The van der Waals surface area contributed by atoms with Gasteiger partial charge in [-0.2, -0.15) is 26.3 Å². The van der Waals surface area contributed by atoms with Crippen LogP contribution >= 0.6 is 11.3 Å². The normalized spacial score (nSPS) is 13.8. The lowest BCUT2D eigenvalue weighted by Gasteiger charge is -2.21. The van der Waals surface area contributed by atoms with Crippen LogP contribution in [0.15, 0.2) is 5.38 Å². The SMILES string of the molecule is CC(C)(C)c1csc(CC(=O)C(C(F)(F)F)C(F)(F)F)n1. The lowest BCUT2D eigenvalue weighted by molar-refractivity contribution is -0.273. The molecule has 0 amide bonds. The zero-order valence-electron chi connectivity index (χ0n) is 11.4. The van der Waals surface area contributed by atoms with Crippen molar-refractivity contribution in [3.8, 4) is 0 Å². The second kappa shape index (κ2) is 5.58. The minimum atomic E-state index is -5.65. The Morgan fingerprint density at radius 3 is 1.95 bits per heavy atom. The highest BCUT2D eigenvalue weighted by molar-refractivity contribution is 7.09. The van der Waals surface area contributed by atoms with Gasteiger partial charge in [0.2, 0.25) is 5.92 Å². The summed E-state index contributed by atoms with van der Waals surface area (Å²) in [4.78, 5) is 15.3. The maximum Gasteiger partial charge on any atom is 0.407 e. The van der Waals surface area contributed by atoms with Gasteiger partial charge in [-0.3, -0.25) is 4.79 Å². The third-order valence-corrected chi connectivity index (χ3v) is 3.47. The number of Topliss-reactive ketones (excluding diaryl/α,β-unsaturated/α-hetero) is 1. The van der Waals surface area contributed by atoms with Gasteiger partial charge in [0.1, 0.15) is 5.01 Å². The summed E-state index contributed by atoms with van der Waals surface area (Å²) in [7, 11) is 0. The predicted molar refractivity (Wildman–Crippen MR) is 65.1 cm³/mol. The average molecular weight is 333 g/mol. The minimum Gasteiger partial charge on any atom is -0.298 e. The molecule has 21 heavy (non-hydrogen) atoms. The van der Waals surface area contributed by atoms with Crippen molar-refractivity contribution >= 4 is 17.1 Å². The number of rotatable bonds is 3. The van der Waals surface area contributed by atoms with Crippen molar-refractivity contribution in [2.24, 2.45) is 5.92 Å². The van der Waals surface area contributed by atoms with Gasteiger partial charge in [0.15, 0.2) is 5.78 Å². The van der Waals surface area contributed by atoms with Gasteiger partial charge in [-0.1, -0.05) is 20.8 Å². The van der Waals surface area contributed by atoms with Crippen LogP contribution in [0.2, 0.25) is 0 Å². The maximum absolute atomic E-state index is 12.4. The Morgan fingerprint density at radius 1 is 1.14 bits per heavy atom. The van der Waals surface area contributed by atoms with Crippen LogP contribution in [-0.2, 0) is 16.6 Å². The van der Waals surface area contributed by atoms with Crippen LogP contribution < -0.4 is 0 Å². The first-order chi connectivity index (χ1) is 9.23. The fraction of sp³-hybridized carbons (Fsp3) is 0.667. The number of aromatic nitrogens is 1. The first-order valence-electron chi connectivity index (χ1n) is 5.84. The van der Waals surface area contributed by atoms with Crippen molar-refractivity contribution in [3.63, 3.8) is 0 Å². The van der Waals surface area contributed by atoms with E-state index in [0.29, 0.717) is 5.69 Å². The second-order valence-corrected chi connectivity index (χ2v) is 6.48. The Hall–Kier alpha value is -1.12. The molecule has 0 saturated carbocycles. The zero-order valence-corrected chi connectivity index (χ0v) is 12.2. The van der Waals surface area contributed by atoms with E-state index in [2.05, 4.69) is 4.98 Å². The summed E-state index contributed by atoms with van der Waals surface area (Å²) in [5.74, 6) is -5.91. The lowest BCUT2D eigenvalue weighted by Crippen LogP contribution is -2.43. The number of carbonyl (C=O) groups excluding carboxylic acids is 1. The molecule has 1 heterocycles. The topological polar surface area (TPSA) is 30.0 Å². The molecular weight excluding hydrogens is 320 g/mol. The average Bonchev–Trinajstić information content (AvgIpc) is 2.59. The van der Waals surface area contributed by atoms with Crippen LogP contribution in [0, 0.1) is 5.92 Å². The van der Waals surface area contributed by atoms with Gasteiger partial charge in [0, 0.05) is 10.8 Å². The standard InChI is InChI=1S/C12H13F6NOS/c1-10(2,3)7-5-21-8(19-7)4-6(20)9(11(13,14)15)12(16,17)18/h5,9H,4H2,1-3H3. The van der Waals surface area contributed by atoms with E-state index in [-0.39, 0.29) is 5.01 Å². The van der Waals surface area contributed by atoms with Gasteiger partial charge in [0.05, 0.1) is 12.1 Å². The van der Waals surface area contributed by atoms with Gasteiger partial charge in [-0.25, -0.2) is 4.98 Å². The van der Waals surface area contributed by atoms with Crippen molar-refractivity contribution in [2.75, 3.05) is 0 Å². The number of halogens is 6. The summed E-state index contributed by atoms with van der Waals surface area (Å²) in [6.07, 6.45) is -12.3. The Labute approximate surface area is 121 Å². The summed E-state index contributed by atoms with van der Waals surface area (Å²) in [5.41, 5.74) is 0.122. The van der Waals surface area contributed by atoms with Crippen LogP contribution in [0.3, 0.4) is 0 Å². The molecule has 2 nitrogen and oxygen atoms in total. The van der Waals surface area contributed by atoms with Crippen molar-refractivity contribution in [2.45, 2.75) is 45.0 Å². The molecule has 1 aromatic heterocycles. The summed E-state index contributed by atoms with van der Waals surface area (Å²) in [6.45, 7) is 5.38. The number of alkyl halides is 6. The molecular formula is C12H13F6NOS. The van der Waals surface area contributed by atoms with E-state index in [9.17, 15) is 31.1 Å². The van der Waals surface area contributed by atoms with Crippen LogP contribution in [0.5, 0.6) is 0 Å². The monoisotopic (exact) mass is 333 g/mol. The molecule has 0 spiro atoms. The highest BCUT2D eigenvalue weighted by Crippen LogP contribution is 2.40. The van der Waals surface area contributed by atoms with E-state index in [1.165, 1.54) is 5.38 Å². The van der Waals surface area contributed by atoms with Gasteiger partial charge < -0.3 is 0 Å². The van der Waals surface area contributed by atoms with Crippen molar-refractivity contribution < 1.29 is 31.1 Å². The molecule has 0 aromatic carbocycles. The summed E-state index contributed by atoms with van der Waals surface area (Å²) in [6, 6.07) is 0. The summed E-state index contributed by atoms with van der Waals surface area (Å²) >= 11 is 0.877. The van der Waals surface area contributed by atoms with Crippen LogP contribution in [-0.4, -0.2) is 23.1 Å². The highest BCUT2D eigenvalue weighted by Gasteiger charge is 2.60. The molecule has 0 radical (unpaired) electrons. The van der Waals surface area contributed by atoms with Gasteiger partial charge in [-0.15, -0.1) is 11.3 Å². The first-order valence-corrected chi connectivity index (χ1v) is 6.72. The molecule has 1 rings (SSSR count). The van der Waals surface area contributed by atoms with E-state index >= 15 is 0 Å². The molecule has 120 valence electrons. The Bertz CT molecular complexity index is 497. The van der Waals surface area contributed by atoms with E-state index in [1.54, 1.807) is 20.8 Å². The number of thiazole rings is 1. The van der Waals surface area contributed by atoms with Crippen LogP contribution in [0.1, 0.15) is 31.5 Å². The van der Waals surface area contributed by atoms with Crippen LogP contribution in [0.25, 0.3) is 0 Å². The Balaban J connectivity index is 2.96. The zero-order chi connectivity index (χ0) is 16.6. The smallest absolute Gasteiger partial charge is 0.298 e. The van der Waals surface area contributed by atoms with Gasteiger partial charge in [-0.05, 0) is 0 Å². The third kappa shape index (κ3) is 4.69. The molecule has 0 aliphatic carbocycles. The number of ketones is 1. The maximum atomic E-state index is 12.4. The lowest BCUT2D eigenvalue weighted by atomic mass is 9.93. The van der Waals surface area contributed by atoms with Crippen molar-refractivity contribution in [1.29, 1.82) is 0 Å². The minimum absolute atomic E-state index is 0.0524. The van der Waals surface area contributed by atoms with Crippen LogP contribution in [0.4, 0.5) is 26.3 Å². The second-order valence-electron chi connectivity index (χ2n) is 5.54. The molecule has 0 aliphatic rings. The molecule has 0 fully saturated rings. The molecule has 0 bridgehead atoms. The largest absolute Gasteiger partial charge is 0.407 e. The van der Waals surface area contributed by atoms with E-state index in [4.69, 9.17) is 0 Å². The predicted octanol–water partition coefficient (Wildman–Crippen LogP) is 4.29. The Kier molecular flexibility index (Phi) is 4.77. The molecule has 0 atom stereocenters. The number of nitrogens with zero attached hydrogens (tertiary/aromatic N) is 1. The summed E-state index contributed by atoms with van der Waals surface area (Å²) in [5, 5.41) is 1.47.